The number of rotatable bonds is 9. The van der Waals surface area contributed by atoms with Crippen LogP contribution in [0.25, 0.3) is 0 Å². The van der Waals surface area contributed by atoms with Crippen LogP contribution in [0, 0.1) is 0 Å². The Kier molecular flexibility index (Phi) is 8.64. The smallest absolute Gasteiger partial charge is 0.0477 e. The molecule has 0 aromatic carbocycles. The zero-order chi connectivity index (χ0) is 13.2. The van der Waals surface area contributed by atoms with Crippen LogP contribution < -0.4 is 5.32 Å². The third-order valence-electron chi connectivity index (χ3n) is 4.13. The maximum absolute atomic E-state index is 5.33. The standard InChI is InChI=1S/C15H32N2O/c1-4-18-12-8-11-16-13-14(2)17(3)15-9-6-5-7-10-15/h14-16H,4-13H2,1-3H3. The fourth-order valence-electron chi connectivity index (χ4n) is 2.75. The molecule has 0 aromatic rings. The fourth-order valence-corrected chi connectivity index (χ4v) is 2.75. The van der Waals surface area contributed by atoms with E-state index in [1.54, 1.807) is 0 Å². The molecule has 1 fully saturated rings. The molecule has 0 spiro atoms. The summed E-state index contributed by atoms with van der Waals surface area (Å²) in [5.41, 5.74) is 0. The minimum Gasteiger partial charge on any atom is -0.382 e. The van der Waals surface area contributed by atoms with Crippen LogP contribution in [0.4, 0.5) is 0 Å². The van der Waals surface area contributed by atoms with Crippen LogP contribution in [0.5, 0.6) is 0 Å². The van der Waals surface area contributed by atoms with Gasteiger partial charge in [0.1, 0.15) is 0 Å². The van der Waals surface area contributed by atoms with E-state index in [1.165, 1.54) is 32.1 Å². The monoisotopic (exact) mass is 256 g/mol. The van der Waals surface area contributed by atoms with Gasteiger partial charge in [0, 0.05) is 31.8 Å². The summed E-state index contributed by atoms with van der Waals surface area (Å²) in [7, 11) is 2.29. The van der Waals surface area contributed by atoms with E-state index in [9.17, 15) is 0 Å². The van der Waals surface area contributed by atoms with Gasteiger partial charge in [0.05, 0.1) is 0 Å². The molecule has 0 aromatic heterocycles. The molecule has 3 nitrogen and oxygen atoms in total. The summed E-state index contributed by atoms with van der Waals surface area (Å²) in [6.07, 6.45) is 8.19. The van der Waals surface area contributed by atoms with Crippen LogP contribution in [0.15, 0.2) is 0 Å². The molecule has 0 heterocycles. The molecule has 1 rings (SSSR count). The molecule has 0 radical (unpaired) electrons. The van der Waals surface area contributed by atoms with E-state index in [-0.39, 0.29) is 0 Å². The zero-order valence-corrected chi connectivity index (χ0v) is 12.6. The Morgan fingerprint density at radius 3 is 2.67 bits per heavy atom. The summed E-state index contributed by atoms with van der Waals surface area (Å²) in [5, 5.41) is 3.54. The lowest BCUT2D eigenvalue weighted by Gasteiger charge is -2.35. The quantitative estimate of drug-likeness (QED) is 0.642. The number of hydrogen-bond acceptors (Lipinski definition) is 3. The number of hydrogen-bond donors (Lipinski definition) is 1. The van der Waals surface area contributed by atoms with E-state index < -0.39 is 0 Å². The van der Waals surface area contributed by atoms with E-state index in [0.29, 0.717) is 6.04 Å². The Hall–Kier alpha value is -0.120. The SMILES string of the molecule is CCOCCCNCC(C)N(C)C1CCCCC1. The summed E-state index contributed by atoms with van der Waals surface area (Å²) >= 11 is 0. The van der Waals surface area contributed by atoms with Gasteiger partial charge in [-0.3, -0.25) is 4.90 Å². The summed E-state index contributed by atoms with van der Waals surface area (Å²) in [6, 6.07) is 1.46. The Morgan fingerprint density at radius 1 is 1.28 bits per heavy atom. The molecule has 1 aliphatic carbocycles. The minimum absolute atomic E-state index is 0.639. The molecule has 108 valence electrons. The Bertz CT molecular complexity index is 193. The molecule has 0 bridgehead atoms. The van der Waals surface area contributed by atoms with Gasteiger partial charge >= 0.3 is 0 Å². The van der Waals surface area contributed by atoms with Gasteiger partial charge < -0.3 is 10.1 Å². The fraction of sp³-hybridized carbons (Fsp3) is 1.00. The predicted molar refractivity (Wildman–Crippen MR) is 78.1 cm³/mol. The summed E-state index contributed by atoms with van der Waals surface area (Å²) < 4.78 is 5.33. The molecule has 0 aliphatic heterocycles. The highest BCUT2D eigenvalue weighted by Gasteiger charge is 2.21. The number of likely N-dealkylation sites (N-methyl/N-ethyl adjacent to an activating group) is 1. The van der Waals surface area contributed by atoms with Crippen molar-refractivity contribution in [3.8, 4) is 0 Å². The molecular weight excluding hydrogens is 224 g/mol. The van der Waals surface area contributed by atoms with E-state index in [4.69, 9.17) is 4.74 Å². The number of nitrogens with zero attached hydrogens (tertiary/aromatic N) is 1. The second-order valence-electron chi connectivity index (χ2n) is 5.56. The van der Waals surface area contributed by atoms with Crippen LogP contribution in [0.1, 0.15) is 52.4 Å². The average Bonchev–Trinajstić information content (AvgIpc) is 2.42. The van der Waals surface area contributed by atoms with Gasteiger partial charge in [-0.2, -0.15) is 0 Å². The lowest BCUT2D eigenvalue weighted by Crippen LogP contribution is -2.44. The molecular formula is C15H32N2O. The van der Waals surface area contributed by atoms with Gasteiger partial charge in [-0.25, -0.2) is 0 Å². The molecule has 1 atom stereocenters. The Labute approximate surface area is 113 Å². The van der Waals surface area contributed by atoms with Gasteiger partial charge in [-0.05, 0) is 46.7 Å². The second kappa shape index (κ2) is 9.76. The molecule has 1 unspecified atom stereocenters. The lowest BCUT2D eigenvalue weighted by atomic mass is 9.94. The van der Waals surface area contributed by atoms with E-state index in [1.807, 2.05) is 0 Å². The first-order valence-corrected chi connectivity index (χ1v) is 7.76. The van der Waals surface area contributed by atoms with Gasteiger partial charge in [-0.1, -0.05) is 19.3 Å². The number of nitrogens with one attached hydrogen (secondary N) is 1. The summed E-state index contributed by atoms with van der Waals surface area (Å²) in [4.78, 5) is 2.58. The van der Waals surface area contributed by atoms with Crippen molar-refractivity contribution in [1.29, 1.82) is 0 Å². The molecule has 18 heavy (non-hydrogen) atoms. The first kappa shape index (κ1) is 15.9. The third-order valence-corrected chi connectivity index (χ3v) is 4.13. The van der Waals surface area contributed by atoms with Crippen molar-refractivity contribution in [3.63, 3.8) is 0 Å². The first-order valence-electron chi connectivity index (χ1n) is 7.76. The van der Waals surface area contributed by atoms with Crippen molar-refractivity contribution in [1.82, 2.24) is 10.2 Å². The van der Waals surface area contributed by atoms with E-state index >= 15 is 0 Å². The van der Waals surface area contributed by atoms with Crippen LogP contribution >= 0.6 is 0 Å². The molecule has 0 saturated heterocycles. The Morgan fingerprint density at radius 2 is 2.00 bits per heavy atom. The van der Waals surface area contributed by atoms with Gasteiger partial charge in [0.25, 0.3) is 0 Å². The highest BCUT2D eigenvalue weighted by molar-refractivity contribution is 4.78. The molecule has 0 amide bonds. The highest BCUT2D eigenvalue weighted by Crippen LogP contribution is 2.22. The summed E-state index contributed by atoms with van der Waals surface area (Å²) in [6.45, 7) is 8.28. The normalized spacial score (nSPS) is 19.3. The van der Waals surface area contributed by atoms with Crippen LogP contribution in [0.3, 0.4) is 0 Å². The lowest BCUT2D eigenvalue weighted by molar-refractivity contribution is 0.136. The summed E-state index contributed by atoms with van der Waals surface area (Å²) in [5.74, 6) is 0. The van der Waals surface area contributed by atoms with E-state index in [0.717, 1.165) is 38.8 Å². The maximum Gasteiger partial charge on any atom is 0.0477 e. The molecule has 1 aliphatic rings. The van der Waals surface area contributed by atoms with Crippen molar-refractivity contribution in [2.75, 3.05) is 33.4 Å². The van der Waals surface area contributed by atoms with Crippen molar-refractivity contribution in [3.05, 3.63) is 0 Å². The van der Waals surface area contributed by atoms with E-state index in [2.05, 4.69) is 31.1 Å². The first-order chi connectivity index (χ1) is 8.75. The molecule has 3 heteroatoms. The minimum atomic E-state index is 0.639. The van der Waals surface area contributed by atoms with Crippen molar-refractivity contribution in [2.24, 2.45) is 0 Å². The highest BCUT2D eigenvalue weighted by atomic mass is 16.5. The van der Waals surface area contributed by atoms with Crippen molar-refractivity contribution in [2.45, 2.75) is 64.5 Å². The van der Waals surface area contributed by atoms with Crippen molar-refractivity contribution < 1.29 is 4.74 Å². The van der Waals surface area contributed by atoms with Crippen LogP contribution in [-0.2, 0) is 4.74 Å². The maximum atomic E-state index is 5.33. The largest absolute Gasteiger partial charge is 0.382 e. The molecule has 1 N–H and O–H groups in total. The molecule has 1 saturated carbocycles. The van der Waals surface area contributed by atoms with Gasteiger partial charge in [-0.15, -0.1) is 0 Å². The van der Waals surface area contributed by atoms with Gasteiger partial charge in [0.2, 0.25) is 0 Å². The van der Waals surface area contributed by atoms with Crippen molar-refractivity contribution >= 4 is 0 Å². The topological polar surface area (TPSA) is 24.5 Å². The van der Waals surface area contributed by atoms with Crippen LogP contribution in [0.2, 0.25) is 0 Å². The predicted octanol–water partition coefficient (Wildman–Crippen LogP) is 2.66. The second-order valence-corrected chi connectivity index (χ2v) is 5.56. The Balaban J connectivity index is 2.05. The average molecular weight is 256 g/mol. The van der Waals surface area contributed by atoms with Gasteiger partial charge in [0.15, 0.2) is 0 Å². The number of ether oxygens (including phenoxy) is 1. The zero-order valence-electron chi connectivity index (χ0n) is 12.6. The van der Waals surface area contributed by atoms with Crippen LogP contribution in [-0.4, -0.2) is 50.3 Å². The third kappa shape index (κ3) is 6.17.